The predicted molar refractivity (Wildman–Crippen MR) is 115 cm³/mol. The summed E-state index contributed by atoms with van der Waals surface area (Å²) in [6.07, 6.45) is 2.88. The average Bonchev–Trinajstić information content (AvgIpc) is 3.11. The second-order valence-electron chi connectivity index (χ2n) is 7.24. The Morgan fingerprint density at radius 2 is 1.68 bits per heavy atom. The zero-order valence-corrected chi connectivity index (χ0v) is 17.3. The fourth-order valence-electron chi connectivity index (χ4n) is 3.77. The van der Waals surface area contributed by atoms with E-state index >= 15 is 0 Å². The number of benzene rings is 2. The molecule has 0 bridgehead atoms. The molecule has 3 rings (SSSR count). The van der Waals surface area contributed by atoms with Crippen molar-refractivity contribution in [2.75, 3.05) is 11.9 Å². The summed E-state index contributed by atoms with van der Waals surface area (Å²) in [7, 11) is -3.29. The molecule has 5 nitrogen and oxygen atoms in total. The number of carbonyl (C=O) groups is 1. The van der Waals surface area contributed by atoms with E-state index in [4.69, 9.17) is 5.73 Å². The molecule has 1 fully saturated rings. The largest absolute Gasteiger partial charge is 0.330 e. The summed E-state index contributed by atoms with van der Waals surface area (Å²) < 4.78 is 25.0. The summed E-state index contributed by atoms with van der Waals surface area (Å²) in [5.74, 6) is 0.109. The summed E-state index contributed by atoms with van der Waals surface area (Å²) in [5.41, 5.74) is 7.85. The predicted octanol–water partition coefficient (Wildman–Crippen LogP) is 3.54. The van der Waals surface area contributed by atoms with E-state index in [0.29, 0.717) is 17.8 Å². The van der Waals surface area contributed by atoms with Crippen molar-refractivity contribution in [3.05, 3.63) is 65.7 Å². The Balaban J connectivity index is 0.00000280. The van der Waals surface area contributed by atoms with Gasteiger partial charge in [-0.15, -0.1) is 12.4 Å². The van der Waals surface area contributed by atoms with Crippen molar-refractivity contribution < 1.29 is 13.2 Å². The topological polar surface area (TPSA) is 89.3 Å². The van der Waals surface area contributed by atoms with E-state index in [9.17, 15) is 13.2 Å². The zero-order valence-electron chi connectivity index (χ0n) is 15.7. The first-order valence-corrected chi connectivity index (χ1v) is 11.1. The van der Waals surface area contributed by atoms with Crippen molar-refractivity contribution in [3.63, 3.8) is 0 Å². The maximum atomic E-state index is 12.5. The van der Waals surface area contributed by atoms with E-state index in [1.807, 2.05) is 30.3 Å². The summed E-state index contributed by atoms with van der Waals surface area (Å²) >= 11 is 0. The molecular weight excluding hydrogens is 396 g/mol. The maximum Gasteiger partial charge on any atom is 0.227 e. The Morgan fingerprint density at radius 1 is 1.00 bits per heavy atom. The molecule has 1 amide bonds. The van der Waals surface area contributed by atoms with Crippen molar-refractivity contribution in [1.82, 2.24) is 0 Å². The van der Waals surface area contributed by atoms with Crippen LogP contribution in [0.2, 0.25) is 0 Å². The fourth-order valence-corrected chi connectivity index (χ4v) is 5.26. The van der Waals surface area contributed by atoms with Crippen molar-refractivity contribution in [2.24, 2.45) is 17.6 Å². The minimum atomic E-state index is -3.29. The number of carbonyl (C=O) groups excluding carboxylic acids is 1. The Kier molecular flexibility index (Phi) is 8.04. The van der Waals surface area contributed by atoms with Crippen LogP contribution in [0.1, 0.15) is 30.4 Å². The molecule has 0 aromatic heterocycles. The summed E-state index contributed by atoms with van der Waals surface area (Å²) in [6, 6.07) is 16.2. The average molecular weight is 423 g/mol. The van der Waals surface area contributed by atoms with Crippen molar-refractivity contribution in [1.29, 1.82) is 0 Å². The van der Waals surface area contributed by atoms with Gasteiger partial charge >= 0.3 is 0 Å². The van der Waals surface area contributed by atoms with Gasteiger partial charge in [-0.2, -0.15) is 0 Å². The fraction of sp³-hybridized carbons (Fsp3) is 0.381. The number of sulfone groups is 1. The molecule has 2 aromatic rings. The lowest BCUT2D eigenvalue weighted by Crippen LogP contribution is -2.29. The van der Waals surface area contributed by atoms with E-state index in [1.54, 1.807) is 24.3 Å². The molecule has 0 unspecified atom stereocenters. The van der Waals surface area contributed by atoms with Gasteiger partial charge in [-0.1, -0.05) is 48.9 Å². The molecule has 0 heterocycles. The summed E-state index contributed by atoms with van der Waals surface area (Å²) in [4.78, 5) is 12.5. The smallest absolute Gasteiger partial charge is 0.227 e. The number of nitrogens with one attached hydrogen (secondary N) is 1. The lowest BCUT2D eigenvalue weighted by molar-refractivity contribution is -0.120. The van der Waals surface area contributed by atoms with Gasteiger partial charge in [0.1, 0.15) is 0 Å². The van der Waals surface area contributed by atoms with Gasteiger partial charge in [-0.3, -0.25) is 4.79 Å². The highest BCUT2D eigenvalue weighted by molar-refractivity contribution is 7.89. The van der Waals surface area contributed by atoms with Crippen LogP contribution in [0.4, 0.5) is 5.69 Å². The number of nitrogens with two attached hydrogens (primary N) is 1. The van der Waals surface area contributed by atoms with E-state index in [0.717, 1.165) is 24.8 Å². The van der Waals surface area contributed by atoms with Crippen LogP contribution in [0.15, 0.2) is 54.6 Å². The highest BCUT2D eigenvalue weighted by atomic mass is 35.5. The standard InChI is InChI=1S/C21H26N2O3S.ClH/c22-13-18-9-5-11-20(18)21(24)23-19-10-4-8-17(12-19)15-27(25,26)14-16-6-2-1-3-7-16;/h1-4,6-8,10,12,18,20H,5,9,11,13-15,22H2,(H,23,24);1H/t18-,20-;/m1./s1. The van der Waals surface area contributed by atoms with Gasteiger partial charge < -0.3 is 11.1 Å². The number of hydrogen-bond acceptors (Lipinski definition) is 4. The van der Waals surface area contributed by atoms with Crippen LogP contribution in [-0.2, 0) is 26.1 Å². The quantitative estimate of drug-likeness (QED) is 0.714. The molecule has 3 N–H and O–H groups in total. The maximum absolute atomic E-state index is 12.5. The first-order valence-electron chi connectivity index (χ1n) is 9.31. The molecule has 28 heavy (non-hydrogen) atoms. The van der Waals surface area contributed by atoms with Crippen LogP contribution in [0, 0.1) is 11.8 Å². The van der Waals surface area contributed by atoms with Gasteiger partial charge in [0.05, 0.1) is 11.5 Å². The molecule has 2 aromatic carbocycles. The van der Waals surface area contributed by atoms with Gasteiger partial charge in [-0.05, 0) is 48.6 Å². The van der Waals surface area contributed by atoms with Crippen LogP contribution in [0.5, 0.6) is 0 Å². The molecule has 7 heteroatoms. The van der Waals surface area contributed by atoms with E-state index in [2.05, 4.69) is 5.32 Å². The molecule has 2 atom stereocenters. The van der Waals surface area contributed by atoms with Gasteiger partial charge in [0.15, 0.2) is 9.84 Å². The van der Waals surface area contributed by atoms with Crippen molar-refractivity contribution in [2.45, 2.75) is 30.8 Å². The highest BCUT2D eigenvalue weighted by Gasteiger charge is 2.31. The van der Waals surface area contributed by atoms with E-state index in [1.165, 1.54) is 0 Å². The van der Waals surface area contributed by atoms with Crippen molar-refractivity contribution >= 4 is 33.8 Å². The second-order valence-corrected chi connectivity index (χ2v) is 9.31. The molecule has 1 saturated carbocycles. The van der Waals surface area contributed by atoms with Crippen LogP contribution >= 0.6 is 12.4 Å². The SMILES string of the molecule is Cl.NC[C@H]1CCC[C@H]1C(=O)Nc1cccc(CS(=O)(=O)Cc2ccccc2)c1. The molecular formula is C21H27ClN2O3S. The van der Waals surface area contributed by atoms with Crippen LogP contribution in [0.25, 0.3) is 0 Å². The minimum absolute atomic E-state index is 0. The van der Waals surface area contributed by atoms with E-state index in [-0.39, 0.29) is 41.7 Å². The Labute approximate surface area is 173 Å². The number of hydrogen-bond donors (Lipinski definition) is 2. The summed E-state index contributed by atoms with van der Waals surface area (Å²) in [5, 5.41) is 2.93. The third kappa shape index (κ3) is 6.06. The first-order chi connectivity index (χ1) is 13.0. The molecule has 0 aliphatic heterocycles. The van der Waals surface area contributed by atoms with Gasteiger partial charge in [-0.25, -0.2) is 8.42 Å². The third-order valence-electron chi connectivity index (χ3n) is 5.11. The monoisotopic (exact) mass is 422 g/mol. The second kappa shape index (κ2) is 10.0. The lowest BCUT2D eigenvalue weighted by Gasteiger charge is -2.17. The zero-order chi connectivity index (χ0) is 19.3. The molecule has 0 saturated heterocycles. The number of halogens is 1. The van der Waals surface area contributed by atoms with Gasteiger partial charge in [0, 0.05) is 11.6 Å². The summed E-state index contributed by atoms with van der Waals surface area (Å²) in [6.45, 7) is 0.524. The van der Waals surface area contributed by atoms with Crippen molar-refractivity contribution in [3.8, 4) is 0 Å². The molecule has 152 valence electrons. The lowest BCUT2D eigenvalue weighted by atomic mass is 9.95. The Hall–Kier alpha value is -1.89. The number of amides is 1. The normalized spacial score (nSPS) is 19.0. The Bertz CT molecular complexity index is 888. The number of anilines is 1. The van der Waals surface area contributed by atoms with Crippen LogP contribution in [-0.4, -0.2) is 20.9 Å². The number of rotatable bonds is 7. The highest BCUT2D eigenvalue weighted by Crippen LogP contribution is 2.32. The molecule has 0 spiro atoms. The molecule has 1 aliphatic carbocycles. The van der Waals surface area contributed by atoms with Gasteiger partial charge in [0.25, 0.3) is 0 Å². The van der Waals surface area contributed by atoms with Crippen LogP contribution < -0.4 is 11.1 Å². The molecule has 1 aliphatic rings. The third-order valence-corrected chi connectivity index (χ3v) is 6.66. The Morgan fingerprint density at radius 3 is 2.39 bits per heavy atom. The minimum Gasteiger partial charge on any atom is -0.330 e. The van der Waals surface area contributed by atoms with Gasteiger partial charge in [0.2, 0.25) is 5.91 Å². The molecule has 0 radical (unpaired) electrons. The first kappa shape index (κ1) is 22.4. The van der Waals surface area contributed by atoms with E-state index < -0.39 is 9.84 Å². The van der Waals surface area contributed by atoms with Crippen LogP contribution in [0.3, 0.4) is 0 Å².